The highest BCUT2D eigenvalue weighted by Gasteiger charge is 2.23. The van der Waals surface area contributed by atoms with E-state index in [9.17, 15) is 9.59 Å². The maximum Gasteiger partial charge on any atom is 0.232 e. The summed E-state index contributed by atoms with van der Waals surface area (Å²) in [7, 11) is 1.63. The van der Waals surface area contributed by atoms with Crippen molar-refractivity contribution in [2.24, 2.45) is 5.92 Å². The minimum Gasteiger partial charge on any atom is -0.497 e. The molecule has 1 aromatic carbocycles. The van der Waals surface area contributed by atoms with Gasteiger partial charge in [-0.05, 0) is 62.1 Å². The Kier molecular flexibility index (Phi) is 7.62. The number of methoxy groups -OCH3 is 1. The largest absolute Gasteiger partial charge is 0.497 e. The molecule has 1 atom stereocenters. The van der Waals surface area contributed by atoms with Gasteiger partial charge in [-0.1, -0.05) is 0 Å². The third-order valence-electron chi connectivity index (χ3n) is 4.63. The fourth-order valence-electron chi connectivity index (χ4n) is 3.19. The van der Waals surface area contributed by atoms with E-state index in [1.54, 1.807) is 18.9 Å². The van der Waals surface area contributed by atoms with Gasteiger partial charge in [0, 0.05) is 25.2 Å². The average molecular weight is 365 g/mol. The topological polar surface area (TPSA) is 58.6 Å². The highest BCUT2D eigenvalue weighted by atomic mass is 32.2. The van der Waals surface area contributed by atoms with E-state index in [1.165, 1.54) is 0 Å². The third-order valence-corrected chi connectivity index (χ3v) is 5.16. The van der Waals surface area contributed by atoms with Gasteiger partial charge in [-0.2, -0.15) is 11.8 Å². The van der Waals surface area contributed by atoms with Gasteiger partial charge in [-0.25, -0.2) is 0 Å². The molecule has 2 rings (SSSR count). The third kappa shape index (κ3) is 5.96. The van der Waals surface area contributed by atoms with Crippen molar-refractivity contribution in [1.29, 1.82) is 0 Å². The lowest BCUT2D eigenvalue weighted by Gasteiger charge is -2.32. The summed E-state index contributed by atoms with van der Waals surface area (Å²) < 4.78 is 5.18. The number of rotatable bonds is 7. The predicted octanol–water partition coefficient (Wildman–Crippen LogP) is 3.32. The van der Waals surface area contributed by atoms with Gasteiger partial charge in [0.2, 0.25) is 11.8 Å². The number of anilines is 1. The van der Waals surface area contributed by atoms with Crippen LogP contribution in [0.1, 0.15) is 31.2 Å². The van der Waals surface area contributed by atoms with Gasteiger partial charge in [-0.15, -0.1) is 0 Å². The zero-order chi connectivity index (χ0) is 18.2. The number of carbonyl (C=O) groups excluding carboxylic acids is 2. The van der Waals surface area contributed by atoms with Crippen molar-refractivity contribution >= 4 is 29.3 Å². The molecule has 0 radical (unpaired) electrons. The molecule has 1 aromatic rings. The van der Waals surface area contributed by atoms with Crippen LogP contribution < -0.4 is 10.1 Å². The molecule has 2 amide bonds. The number of ether oxygens (including phenoxy) is 1. The van der Waals surface area contributed by atoms with E-state index in [0.717, 1.165) is 49.4 Å². The second kappa shape index (κ2) is 9.70. The summed E-state index contributed by atoms with van der Waals surface area (Å²) in [4.78, 5) is 26.2. The van der Waals surface area contributed by atoms with Crippen LogP contribution in [0.15, 0.2) is 18.2 Å². The Labute approximate surface area is 154 Å². The second-order valence-electron chi connectivity index (χ2n) is 6.55. The number of likely N-dealkylation sites (tertiary alicyclic amines) is 1. The lowest BCUT2D eigenvalue weighted by molar-refractivity contribution is -0.130. The summed E-state index contributed by atoms with van der Waals surface area (Å²) in [6.07, 6.45) is 5.39. The smallest absolute Gasteiger partial charge is 0.232 e. The summed E-state index contributed by atoms with van der Waals surface area (Å²) in [5, 5.41) is 2.98. The van der Waals surface area contributed by atoms with Crippen LogP contribution in [-0.4, -0.2) is 48.9 Å². The van der Waals surface area contributed by atoms with E-state index >= 15 is 0 Å². The molecule has 25 heavy (non-hydrogen) atoms. The first kappa shape index (κ1) is 19.6. The molecular formula is C19H28N2O3S. The van der Waals surface area contributed by atoms with Crippen molar-refractivity contribution in [3.05, 3.63) is 23.8 Å². The molecule has 1 N–H and O–H groups in total. The molecule has 138 valence electrons. The van der Waals surface area contributed by atoms with Crippen LogP contribution in [-0.2, 0) is 9.59 Å². The Morgan fingerprint density at radius 2 is 2.20 bits per heavy atom. The molecule has 6 heteroatoms. The van der Waals surface area contributed by atoms with Crippen molar-refractivity contribution in [2.45, 2.75) is 32.6 Å². The number of benzene rings is 1. The molecule has 0 aromatic heterocycles. The minimum atomic E-state index is 0.0285. The van der Waals surface area contributed by atoms with Crippen LogP contribution in [0, 0.1) is 12.8 Å². The lowest BCUT2D eigenvalue weighted by Crippen LogP contribution is -2.41. The summed E-state index contributed by atoms with van der Waals surface area (Å²) in [5.41, 5.74) is 1.81. The highest BCUT2D eigenvalue weighted by molar-refractivity contribution is 7.99. The van der Waals surface area contributed by atoms with Gasteiger partial charge in [0.05, 0.1) is 12.9 Å². The SMILES string of the molecule is COc1ccc(NC(=O)CCC2CCCN(C(=O)CSC)C2)c(C)c1. The van der Waals surface area contributed by atoms with E-state index in [1.807, 2.05) is 36.3 Å². The number of piperidine rings is 1. The monoisotopic (exact) mass is 364 g/mol. The number of amides is 2. The zero-order valence-electron chi connectivity index (χ0n) is 15.3. The second-order valence-corrected chi connectivity index (χ2v) is 7.41. The fourth-order valence-corrected chi connectivity index (χ4v) is 3.62. The summed E-state index contributed by atoms with van der Waals surface area (Å²) >= 11 is 1.56. The molecule has 1 heterocycles. The number of carbonyl (C=O) groups is 2. The van der Waals surface area contributed by atoms with Crippen molar-refractivity contribution in [2.75, 3.05) is 37.5 Å². The maximum atomic E-state index is 12.3. The number of hydrogen-bond acceptors (Lipinski definition) is 4. The van der Waals surface area contributed by atoms with Gasteiger partial charge < -0.3 is 15.0 Å². The molecule has 0 bridgehead atoms. The Bertz CT molecular complexity index is 606. The molecule has 1 aliphatic heterocycles. The molecular weight excluding hydrogens is 336 g/mol. The molecule has 1 aliphatic rings. The average Bonchev–Trinajstić information content (AvgIpc) is 2.62. The van der Waals surface area contributed by atoms with Gasteiger partial charge >= 0.3 is 0 Å². The molecule has 0 spiro atoms. The van der Waals surface area contributed by atoms with Crippen LogP contribution in [0.25, 0.3) is 0 Å². The molecule has 0 saturated carbocycles. The summed E-state index contributed by atoms with van der Waals surface area (Å²) in [6.45, 7) is 3.59. The van der Waals surface area contributed by atoms with Crippen molar-refractivity contribution < 1.29 is 14.3 Å². The first-order valence-corrected chi connectivity index (χ1v) is 10.1. The quantitative estimate of drug-likeness (QED) is 0.806. The van der Waals surface area contributed by atoms with Crippen LogP contribution in [0.3, 0.4) is 0 Å². The summed E-state index contributed by atoms with van der Waals surface area (Å²) in [6, 6.07) is 5.63. The van der Waals surface area contributed by atoms with E-state index < -0.39 is 0 Å². The lowest BCUT2D eigenvalue weighted by atomic mass is 9.93. The number of aryl methyl sites for hydroxylation is 1. The Hall–Kier alpha value is -1.69. The Morgan fingerprint density at radius 1 is 1.40 bits per heavy atom. The number of nitrogens with zero attached hydrogens (tertiary/aromatic N) is 1. The van der Waals surface area contributed by atoms with Crippen molar-refractivity contribution in [3.8, 4) is 5.75 Å². The minimum absolute atomic E-state index is 0.0285. The Morgan fingerprint density at radius 3 is 2.88 bits per heavy atom. The molecule has 5 nitrogen and oxygen atoms in total. The predicted molar refractivity (Wildman–Crippen MR) is 103 cm³/mol. The van der Waals surface area contributed by atoms with E-state index in [4.69, 9.17) is 4.74 Å². The van der Waals surface area contributed by atoms with Crippen LogP contribution >= 0.6 is 11.8 Å². The Balaban J connectivity index is 1.80. The number of nitrogens with one attached hydrogen (secondary N) is 1. The van der Waals surface area contributed by atoms with Gasteiger partial charge in [-0.3, -0.25) is 9.59 Å². The van der Waals surface area contributed by atoms with Gasteiger partial charge in [0.25, 0.3) is 0 Å². The van der Waals surface area contributed by atoms with Crippen molar-refractivity contribution in [3.63, 3.8) is 0 Å². The van der Waals surface area contributed by atoms with Gasteiger partial charge in [0.1, 0.15) is 5.75 Å². The molecule has 0 aliphatic carbocycles. The van der Waals surface area contributed by atoms with Gasteiger partial charge in [0.15, 0.2) is 0 Å². The maximum absolute atomic E-state index is 12.3. The van der Waals surface area contributed by atoms with Crippen molar-refractivity contribution in [1.82, 2.24) is 4.90 Å². The normalized spacial score (nSPS) is 17.2. The highest BCUT2D eigenvalue weighted by Crippen LogP contribution is 2.24. The fraction of sp³-hybridized carbons (Fsp3) is 0.579. The van der Waals surface area contributed by atoms with Crippen LogP contribution in [0.4, 0.5) is 5.69 Å². The standard InChI is InChI=1S/C19H28N2O3S/c1-14-11-16(24-2)7-8-17(14)20-18(22)9-6-15-5-4-10-21(12-15)19(23)13-25-3/h7-8,11,15H,4-6,9-10,12-13H2,1-3H3,(H,20,22). The number of thioether (sulfide) groups is 1. The van der Waals surface area contributed by atoms with E-state index in [0.29, 0.717) is 18.1 Å². The van der Waals surface area contributed by atoms with E-state index in [-0.39, 0.29) is 11.8 Å². The first-order valence-electron chi connectivity index (χ1n) is 8.74. The molecule has 1 saturated heterocycles. The zero-order valence-corrected chi connectivity index (χ0v) is 16.2. The molecule has 1 fully saturated rings. The summed E-state index contributed by atoms with van der Waals surface area (Å²) in [5.74, 6) is 2.00. The first-order chi connectivity index (χ1) is 12.0. The molecule has 1 unspecified atom stereocenters. The van der Waals surface area contributed by atoms with Crippen LogP contribution in [0.2, 0.25) is 0 Å². The van der Waals surface area contributed by atoms with Crippen LogP contribution in [0.5, 0.6) is 5.75 Å². The number of hydrogen-bond donors (Lipinski definition) is 1. The van der Waals surface area contributed by atoms with E-state index in [2.05, 4.69) is 5.32 Å².